The second-order valence-electron chi connectivity index (χ2n) is 6.61. The summed E-state index contributed by atoms with van der Waals surface area (Å²) in [6, 6.07) is 9.59. The van der Waals surface area contributed by atoms with Gasteiger partial charge in [-0.05, 0) is 55.6 Å². The van der Waals surface area contributed by atoms with Gasteiger partial charge in [0.05, 0.1) is 11.3 Å². The minimum absolute atomic E-state index is 0.388. The number of anilines is 1. The molecule has 0 spiro atoms. The molecule has 0 unspecified atom stereocenters. The van der Waals surface area contributed by atoms with Crippen molar-refractivity contribution in [2.75, 3.05) is 24.5 Å². The molecule has 1 saturated heterocycles. The molecule has 8 heteroatoms. The maximum atomic E-state index is 5.96. The molecule has 2 N–H and O–H groups in total. The van der Waals surface area contributed by atoms with E-state index in [9.17, 15) is 0 Å². The molecule has 0 aliphatic carbocycles. The second-order valence-corrected chi connectivity index (χ2v) is 7.91. The van der Waals surface area contributed by atoms with Crippen LogP contribution in [0.5, 0.6) is 0 Å². The first-order valence-corrected chi connectivity index (χ1v) is 10.0. The van der Waals surface area contributed by atoms with E-state index >= 15 is 0 Å². The zero-order valence-electron chi connectivity index (χ0n) is 14.6. The van der Waals surface area contributed by atoms with Gasteiger partial charge in [-0.25, -0.2) is 4.98 Å². The van der Waals surface area contributed by atoms with E-state index in [0.717, 1.165) is 53.8 Å². The third kappa shape index (κ3) is 4.00. The van der Waals surface area contributed by atoms with Crippen LogP contribution in [-0.2, 0) is 0 Å². The monoisotopic (exact) mass is 447 g/mol. The maximum Gasteiger partial charge on any atom is 0.250 e. The van der Waals surface area contributed by atoms with E-state index in [1.807, 2.05) is 12.1 Å². The van der Waals surface area contributed by atoms with Crippen molar-refractivity contribution in [1.82, 2.24) is 15.2 Å². The molecule has 0 radical (unpaired) electrons. The third-order valence-electron chi connectivity index (χ3n) is 4.88. The molecule has 0 atom stereocenters. The fourth-order valence-electron chi connectivity index (χ4n) is 3.34. The van der Waals surface area contributed by atoms with Crippen molar-refractivity contribution in [3.8, 4) is 22.9 Å². The molecule has 27 heavy (non-hydrogen) atoms. The summed E-state index contributed by atoms with van der Waals surface area (Å²) >= 11 is 9.54. The van der Waals surface area contributed by atoms with Gasteiger partial charge in [0.25, 0.3) is 0 Å². The topological polar surface area (TPSA) is 81.1 Å². The van der Waals surface area contributed by atoms with Gasteiger partial charge in [0.15, 0.2) is 0 Å². The molecule has 6 nitrogen and oxygen atoms in total. The van der Waals surface area contributed by atoms with Crippen molar-refractivity contribution in [2.24, 2.45) is 11.7 Å². The molecule has 2 aromatic heterocycles. The number of hydrogen-bond donors (Lipinski definition) is 1. The molecule has 1 fully saturated rings. The van der Waals surface area contributed by atoms with Crippen LogP contribution in [0.15, 0.2) is 45.4 Å². The average molecular weight is 449 g/mol. The van der Waals surface area contributed by atoms with Gasteiger partial charge in [0.1, 0.15) is 5.15 Å². The van der Waals surface area contributed by atoms with Crippen LogP contribution in [0.3, 0.4) is 0 Å². The number of nitrogens with zero attached hydrogens (tertiary/aromatic N) is 4. The quantitative estimate of drug-likeness (QED) is 0.596. The van der Waals surface area contributed by atoms with Gasteiger partial charge in [-0.1, -0.05) is 27.5 Å². The number of hydrogen-bond acceptors (Lipinski definition) is 6. The molecular formula is C19H19BrClN5O. The van der Waals surface area contributed by atoms with Crippen molar-refractivity contribution in [3.05, 3.63) is 46.2 Å². The number of halogens is 2. The van der Waals surface area contributed by atoms with Crippen LogP contribution in [0.2, 0.25) is 5.15 Å². The highest BCUT2D eigenvalue weighted by atomic mass is 79.9. The molecule has 1 aromatic carbocycles. The molecule has 0 amide bonds. The molecule has 1 aliphatic rings. The minimum atomic E-state index is 0.388. The van der Waals surface area contributed by atoms with Crippen molar-refractivity contribution >= 4 is 33.2 Å². The number of benzene rings is 1. The van der Waals surface area contributed by atoms with Gasteiger partial charge in [0, 0.05) is 29.3 Å². The first-order valence-electron chi connectivity index (χ1n) is 8.84. The van der Waals surface area contributed by atoms with E-state index in [2.05, 4.69) is 42.1 Å². The van der Waals surface area contributed by atoms with Gasteiger partial charge in [-0.2, -0.15) is 0 Å². The number of aromatic nitrogens is 3. The Morgan fingerprint density at radius 1 is 1.15 bits per heavy atom. The van der Waals surface area contributed by atoms with Crippen molar-refractivity contribution in [2.45, 2.75) is 12.8 Å². The highest BCUT2D eigenvalue weighted by Crippen LogP contribution is 2.36. The molecule has 1 aliphatic heterocycles. The summed E-state index contributed by atoms with van der Waals surface area (Å²) < 4.78 is 6.97. The Morgan fingerprint density at radius 2 is 1.93 bits per heavy atom. The maximum absolute atomic E-state index is 5.96. The normalized spacial score (nSPS) is 15.3. The van der Waals surface area contributed by atoms with Crippen molar-refractivity contribution in [1.29, 1.82) is 0 Å². The van der Waals surface area contributed by atoms with Crippen LogP contribution in [0.4, 0.5) is 5.69 Å². The lowest BCUT2D eigenvalue weighted by Gasteiger charge is -2.34. The Balaban J connectivity index is 1.66. The van der Waals surface area contributed by atoms with Crippen molar-refractivity contribution in [3.63, 3.8) is 0 Å². The van der Waals surface area contributed by atoms with E-state index in [0.29, 0.717) is 22.9 Å². The van der Waals surface area contributed by atoms with Crippen molar-refractivity contribution < 1.29 is 4.42 Å². The fourth-order valence-corrected chi connectivity index (χ4v) is 3.86. The summed E-state index contributed by atoms with van der Waals surface area (Å²) in [6.45, 7) is 2.68. The molecule has 0 bridgehead atoms. The molecule has 140 valence electrons. The first-order chi connectivity index (χ1) is 13.1. The van der Waals surface area contributed by atoms with E-state index in [1.54, 1.807) is 18.3 Å². The molecule has 4 rings (SSSR count). The average Bonchev–Trinajstić information content (AvgIpc) is 3.18. The van der Waals surface area contributed by atoms with Gasteiger partial charge in [-0.15, -0.1) is 10.2 Å². The summed E-state index contributed by atoms with van der Waals surface area (Å²) in [5, 5.41) is 8.84. The lowest BCUT2D eigenvalue weighted by Crippen LogP contribution is -2.36. The molecule has 3 aromatic rings. The Morgan fingerprint density at radius 3 is 2.67 bits per heavy atom. The van der Waals surface area contributed by atoms with Gasteiger partial charge < -0.3 is 15.1 Å². The van der Waals surface area contributed by atoms with Gasteiger partial charge in [0.2, 0.25) is 11.8 Å². The lowest BCUT2D eigenvalue weighted by atomic mass is 9.96. The highest BCUT2D eigenvalue weighted by molar-refractivity contribution is 9.10. The Bertz CT molecular complexity index is 939. The number of nitrogens with two attached hydrogens (primary N) is 1. The van der Waals surface area contributed by atoms with Crippen LogP contribution in [0.1, 0.15) is 12.8 Å². The Hall–Kier alpha value is -1.96. The molecule has 3 heterocycles. The summed E-state index contributed by atoms with van der Waals surface area (Å²) in [4.78, 5) is 6.34. The predicted octanol–water partition coefficient (Wildman–Crippen LogP) is 4.39. The van der Waals surface area contributed by atoms with Crippen LogP contribution in [-0.4, -0.2) is 34.8 Å². The van der Waals surface area contributed by atoms with Gasteiger partial charge in [-0.3, -0.25) is 0 Å². The van der Waals surface area contributed by atoms with E-state index in [1.165, 1.54) is 0 Å². The Kier molecular flexibility index (Phi) is 5.43. The van der Waals surface area contributed by atoms with Crippen LogP contribution in [0, 0.1) is 5.92 Å². The third-order valence-corrected chi connectivity index (χ3v) is 5.58. The summed E-state index contributed by atoms with van der Waals surface area (Å²) in [5.41, 5.74) is 8.58. The minimum Gasteiger partial charge on any atom is -0.416 e. The van der Waals surface area contributed by atoms with Gasteiger partial charge >= 0.3 is 0 Å². The van der Waals surface area contributed by atoms with Crippen LogP contribution >= 0.6 is 27.5 Å². The largest absolute Gasteiger partial charge is 0.416 e. The summed E-state index contributed by atoms with van der Waals surface area (Å²) in [6.07, 6.45) is 3.80. The highest BCUT2D eigenvalue weighted by Gasteiger charge is 2.23. The predicted molar refractivity (Wildman–Crippen MR) is 110 cm³/mol. The second kappa shape index (κ2) is 7.96. The standard InChI is InChI=1S/C19H19BrClN5O/c20-14-1-2-15(16(10-14)26-7-4-12(11-22)5-8-26)19-25-24-18(27-19)13-3-6-23-17(21)9-13/h1-3,6,9-10,12H,4-5,7-8,11,22H2. The van der Waals surface area contributed by atoms with E-state index in [4.69, 9.17) is 21.8 Å². The smallest absolute Gasteiger partial charge is 0.250 e. The number of piperidine rings is 1. The Labute approximate surface area is 170 Å². The first kappa shape index (κ1) is 18.4. The molecular weight excluding hydrogens is 430 g/mol. The van der Waals surface area contributed by atoms with Crippen LogP contribution < -0.4 is 10.6 Å². The number of rotatable bonds is 4. The molecule has 0 saturated carbocycles. The summed E-state index contributed by atoms with van der Waals surface area (Å²) in [5.74, 6) is 1.51. The summed E-state index contributed by atoms with van der Waals surface area (Å²) in [7, 11) is 0. The van der Waals surface area contributed by atoms with E-state index in [-0.39, 0.29) is 0 Å². The van der Waals surface area contributed by atoms with Crippen LogP contribution in [0.25, 0.3) is 22.9 Å². The van der Waals surface area contributed by atoms with E-state index < -0.39 is 0 Å². The number of pyridine rings is 1. The zero-order valence-corrected chi connectivity index (χ0v) is 16.9. The lowest BCUT2D eigenvalue weighted by molar-refractivity contribution is 0.414. The zero-order chi connectivity index (χ0) is 18.8. The SMILES string of the molecule is NCC1CCN(c2cc(Br)ccc2-c2nnc(-c3ccnc(Cl)c3)o2)CC1. The fraction of sp³-hybridized carbons (Fsp3) is 0.316.